The van der Waals surface area contributed by atoms with Crippen LogP contribution >= 0.6 is 0 Å². The van der Waals surface area contributed by atoms with E-state index in [2.05, 4.69) is 5.92 Å². The third kappa shape index (κ3) is 2.18. The quantitative estimate of drug-likeness (QED) is 0.453. The number of carbonyl (C=O) groups is 1. The minimum atomic E-state index is -0.463. The number of nitro benzene ring substituents is 1. The molecule has 1 aromatic rings. The highest BCUT2D eigenvalue weighted by Gasteiger charge is 2.30. The molecule has 2 rings (SSSR count). The molecule has 1 amide bonds. The lowest BCUT2D eigenvalue weighted by Crippen LogP contribution is -2.24. The van der Waals surface area contributed by atoms with E-state index in [-0.39, 0.29) is 17.5 Å². The second-order valence-corrected chi connectivity index (χ2v) is 4.36. The Hall–Kier alpha value is -2.35. The van der Waals surface area contributed by atoms with Crippen LogP contribution < -0.4 is 4.90 Å². The Labute approximate surface area is 105 Å². The first-order valence-electron chi connectivity index (χ1n) is 5.54. The molecule has 18 heavy (non-hydrogen) atoms. The largest absolute Gasteiger partial charge is 0.311 e. The van der Waals surface area contributed by atoms with Crippen LogP contribution in [0.3, 0.4) is 0 Å². The van der Waals surface area contributed by atoms with E-state index in [0.29, 0.717) is 18.7 Å². The minimum Gasteiger partial charge on any atom is -0.311 e. The molecule has 5 nitrogen and oxygen atoms in total. The number of terminal acetylenes is 1. The van der Waals surface area contributed by atoms with Gasteiger partial charge in [0, 0.05) is 31.0 Å². The first-order valence-corrected chi connectivity index (χ1v) is 5.54. The number of aryl methyl sites for hydroxylation is 1. The topological polar surface area (TPSA) is 63.5 Å². The fourth-order valence-electron chi connectivity index (χ4n) is 2.07. The van der Waals surface area contributed by atoms with Crippen molar-refractivity contribution in [3.05, 3.63) is 33.9 Å². The maximum absolute atomic E-state index is 11.8. The van der Waals surface area contributed by atoms with E-state index in [1.54, 1.807) is 13.0 Å². The molecular weight excluding hydrogens is 232 g/mol. The number of carbonyl (C=O) groups excluding carboxylic acids is 1. The maximum atomic E-state index is 11.8. The van der Waals surface area contributed by atoms with Crippen molar-refractivity contribution in [3.63, 3.8) is 0 Å². The van der Waals surface area contributed by atoms with Crippen LogP contribution in [0.15, 0.2) is 18.2 Å². The van der Waals surface area contributed by atoms with Gasteiger partial charge in [-0.1, -0.05) is 0 Å². The number of nitro groups is 1. The molecule has 1 unspecified atom stereocenters. The number of benzene rings is 1. The monoisotopic (exact) mass is 244 g/mol. The van der Waals surface area contributed by atoms with Gasteiger partial charge in [0.05, 0.1) is 10.6 Å². The van der Waals surface area contributed by atoms with Gasteiger partial charge >= 0.3 is 0 Å². The molecule has 0 N–H and O–H groups in total. The summed E-state index contributed by atoms with van der Waals surface area (Å²) >= 11 is 0. The number of non-ortho nitro benzene ring substituents is 1. The Balaban J connectivity index is 2.37. The predicted molar refractivity (Wildman–Crippen MR) is 67.1 cm³/mol. The maximum Gasteiger partial charge on any atom is 0.271 e. The van der Waals surface area contributed by atoms with Crippen molar-refractivity contribution in [3.8, 4) is 12.3 Å². The van der Waals surface area contributed by atoms with Gasteiger partial charge in [-0.2, -0.15) is 0 Å². The average Bonchev–Trinajstić information content (AvgIpc) is 2.69. The molecule has 0 aromatic heterocycles. The van der Waals surface area contributed by atoms with E-state index in [4.69, 9.17) is 6.42 Å². The average molecular weight is 244 g/mol. The van der Waals surface area contributed by atoms with Gasteiger partial charge in [0.2, 0.25) is 5.91 Å². The molecule has 1 aliphatic heterocycles. The summed E-state index contributed by atoms with van der Waals surface area (Å²) in [4.78, 5) is 23.6. The molecule has 0 aliphatic carbocycles. The number of hydrogen-bond acceptors (Lipinski definition) is 3. The molecule has 1 heterocycles. The zero-order chi connectivity index (χ0) is 13.3. The van der Waals surface area contributed by atoms with Crippen LogP contribution in [-0.4, -0.2) is 17.4 Å². The molecule has 1 fully saturated rings. The Kier molecular flexibility index (Phi) is 3.02. The SMILES string of the molecule is C#CC1CC(=O)N(c2cc(C)cc([N+](=O)[O-])c2)C1. The van der Waals surface area contributed by atoms with Crippen molar-refractivity contribution in [2.45, 2.75) is 13.3 Å². The summed E-state index contributed by atoms with van der Waals surface area (Å²) in [5.41, 5.74) is 1.28. The summed E-state index contributed by atoms with van der Waals surface area (Å²) in [6.45, 7) is 2.19. The molecule has 1 saturated heterocycles. The van der Waals surface area contributed by atoms with Gasteiger partial charge in [0.25, 0.3) is 5.69 Å². The van der Waals surface area contributed by atoms with Crippen LogP contribution in [0, 0.1) is 35.3 Å². The van der Waals surface area contributed by atoms with Gasteiger partial charge in [-0.25, -0.2) is 0 Å². The van der Waals surface area contributed by atoms with Crippen molar-refractivity contribution in [1.29, 1.82) is 0 Å². The Morgan fingerprint density at radius 1 is 1.50 bits per heavy atom. The van der Waals surface area contributed by atoms with Gasteiger partial charge in [-0.3, -0.25) is 14.9 Å². The van der Waals surface area contributed by atoms with E-state index in [0.717, 1.165) is 5.56 Å². The summed E-state index contributed by atoms with van der Waals surface area (Å²) < 4.78 is 0. The Bertz CT molecular complexity index is 560. The summed E-state index contributed by atoms with van der Waals surface area (Å²) in [5.74, 6) is 2.35. The molecule has 0 bridgehead atoms. The lowest BCUT2D eigenvalue weighted by molar-refractivity contribution is -0.384. The number of rotatable bonds is 2. The standard InChI is InChI=1S/C13H12N2O3/c1-3-10-6-13(16)14(8-10)11-4-9(2)5-12(7-11)15(17)18/h1,4-5,7,10H,6,8H2,2H3. The zero-order valence-corrected chi connectivity index (χ0v) is 9.92. The van der Waals surface area contributed by atoms with Crippen molar-refractivity contribution >= 4 is 17.3 Å². The molecule has 5 heteroatoms. The normalized spacial score (nSPS) is 18.8. The fraction of sp³-hybridized carbons (Fsp3) is 0.308. The van der Waals surface area contributed by atoms with Crippen LogP contribution in [0.5, 0.6) is 0 Å². The summed E-state index contributed by atoms with van der Waals surface area (Å²) in [6.07, 6.45) is 5.61. The van der Waals surface area contributed by atoms with Gasteiger partial charge < -0.3 is 4.90 Å². The lowest BCUT2D eigenvalue weighted by Gasteiger charge is -2.16. The molecule has 0 radical (unpaired) electrons. The van der Waals surface area contributed by atoms with E-state index in [1.165, 1.54) is 17.0 Å². The van der Waals surface area contributed by atoms with Gasteiger partial charge in [-0.05, 0) is 18.6 Å². The van der Waals surface area contributed by atoms with E-state index in [9.17, 15) is 14.9 Å². The van der Waals surface area contributed by atoms with Crippen molar-refractivity contribution < 1.29 is 9.72 Å². The van der Waals surface area contributed by atoms with Crippen LogP contribution in [0.25, 0.3) is 0 Å². The third-order valence-corrected chi connectivity index (χ3v) is 2.93. The smallest absolute Gasteiger partial charge is 0.271 e. The highest BCUT2D eigenvalue weighted by atomic mass is 16.6. The predicted octanol–water partition coefficient (Wildman–Crippen LogP) is 1.89. The molecule has 1 aromatic carbocycles. The Morgan fingerprint density at radius 2 is 2.22 bits per heavy atom. The minimum absolute atomic E-state index is 0.0121. The van der Waals surface area contributed by atoms with Crippen LogP contribution in [0.1, 0.15) is 12.0 Å². The summed E-state index contributed by atoms with van der Waals surface area (Å²) in [5, 5.41) is 10.8. The van der Waals surface area contributed by atoms with Crippen molar-refractivity contribution in [2.75, 3.05) is 11.4 Å². The Morgan fingerprint density at radius 3 is 2.78 bits per heavy atom. The lowest BCUT2D eigenvalue weighted by atomic mass is 10.1. The first-order chi connectivity index (χ1) is 8.51. The second kappa shape index (κ2) is 4.49. The summed E-state index contributed by atoms with van der Waals surface area (Å²) in [7, 11) is 0. The highest BCUT2D eigenvalue weighted by molar-refractivity contribution is 5.96. The van der Waals surface area contributed by atoms with E-state index in [1.807, 2.05) is 0 Å². The van der Waals surface area contributed by atoms with Crippen LogP contribution in [-0.2, 0) is 4.79 Å². The van der Waals surface area contributed by atoms with Gasteiger partial charge in [0.1, 0.15) is 0 Å². The fourth-order valence-corrected chi connectivity index (χ4v) is 2.07. The first kappa shape index (κ1) is 12.1. The van der Waals surface area contributed by atoms with Crippen LogP contribution in [0.2, 0.25) is 0 Å². The number of anilines is 1. The third-order valence-electron chi connectivity index (χ3n) is 2.93. The van der Waals surface area contributed by atoms with Crippen molar-refractivity contribution in [2.24, 2.45) is 5.92 Å². The molecule has 1 atom stereocenters. The highest BCUT2D eigenvalue weighted by Crippen LogP contribution is 2.28. The molecule has 1 aliphatic rings. The number of nitrogens with zero attached hydrogens (tertiary/aromatic N) is 2. The molecular formula is C13H12N2O3. The van der Waals surface area contributed by atoms with E-state index >= 15 is 0 Å². The molecule has 0 spiro atoms. The number of amides is 1. The van der Waals surface area contributed by atoms with Crippen LogP contribution in [0.4, 0.5) is 11.4 Å². The van der Waals surface area contributed by atoms with Gasteiger partial charge in [0.15, 0.2) is 0 Å². The summed E-state index contributed by atoms with van der Waals surface area (Å²) in [6, 6.07) is 4.64. The molecule has 92 valence electrons. The molecule has 0 saturated carbocycles. The van der Waals surface area contributed by atoms with Crippen molar-refractivity contribution in [1.82, 2.24) is 0 Å². The second-order valence-electron chi connectivity index (χ2n) is 4.36. The number of hydrogen-bond donors (Lipinski definition) is 0. The van der Waals surface area contributed by atoms with E-state index < -0.39 is 4.92 Å². The zero-order valence-electron chi connectivity index (χ0n) is 9.92. The van der Waals surface area contributed by atoms with Gasteiger partial charge in [-0.15, -0.1) is 12.3 Å².